The number of alkyl halides is 2. The Morgan fingerprint density at radius 1 is 1.50 bits per heavy atom. The molecule has 1 radical (unpaired) electrons. The molecular weight excluding hydrogens is 106 g/mol. The first-order chi connectivity index (χ1) is 2.64. The Balaban J connectivity index is 2.99. The van der Waals surface area contributed by atoms with Gasteiger partial charge in [0.25, 0.3) is 6.43 Å². The lowest BCUT2D eigenvalue weighted by Gasteiger charge is -1.95. The maximum atomic E-state index is 11.1. The van der Waals surface area contributed by atoms with Crippen LogP contribution in [0.4, 0.5) is 8.78 Å². The zero-order valence-corrected chi connectivity index (χ0v) is 4.14. The van der Waals surface area contributed by atoms with E-state index in [9.17, 15) is 8.78 Å². The maximum Gasteiger partial charge on any atom is 0.250 e. The molecule has 1 atom stereocenters. The summed E-state index contributed by atoms with van der Waals surface area (Å²) in [4.78, 5) is 0. The van der Waals surface area contributed by atoms with Gasteiger partial charge in [0.15, 0.2) is 0 Å². The molecule has 6 heavy (non-hydrogen) atoms. The highest BCUT2D eigenvalue weighted by Crippen LogP contribution is 2.04. The van der Waals surface area contributed by atoms with E-state index in [0.717, 1.165) is 0 Å². The van der Waals surface area contributed by atoms with Crippen LogP contribution in [0.2, 0.25) is 0 Å². The minimum absolute atomic E-state index is 0.898. The fourth-order valence-electron chi connectivity index (χ4n) is 0. The van der Waals surface area contributed by atoms with Crippen molar-refractivity contribution in [3.8, 4) is 0 Å². The van der Waals surface area contributed by atoms with E-state index < -0.39 is 11.7 Å². The number of hydrogen-bond acceptors (Lipinski definition) is 0. The third kappa shape index (κ3) is 2.45. The Morgan fingerprint density at radius 2 is 1.67 bits per heavy atom. The van der Waals surface area contributed by atoms with Crippen molar-refractivity contribution in [3.63, 3.8) is 0 Å². The minimum atomic E-state index is -2.33. The highest BCUT2D eigenvalue weighted by Gasteiger charge is 2.07. The van der Waals surface area contributed by atoms with Crippen molar-refractivity contribution in [2.45, 2.75) is 18.6 Å². The van der Waals surface area contributed by atoms with Crippen molar-refractivity contribution in [2.24, 2.45) is 0 Å². The molecule has 0 saturated carbocycles. The van der Waals surface area contributed by atoms with E-state index in [-0.39, 0.29) is 0 Å². The Hall–Kier alpha value is 0.210. The maximum absolute atomic E-state index is 11.1. The molecule has 0 unspecified atom stereocenters. The molecule has 0 N–H and O–H groups in total. The number of rotatable bonds is 1. The summed E-state index contributed by atoms with van der Waals surface area (Å²) in [7, 11) is 0. The molecule has 0 aliphatic rings. The topological polar surface area (TPSA) is 0 Å². The Morgan fingerprint density at radius 3 is 1.67 bits per heavy atom. The lowest BCUT2D eigenvalue weighted by atomic mass is 10.5. The summed E-state index contributed by atoms with van der Waals surface area (Å²) < 4.78 is 22.1. The van der Waals surface area contributed by atoms with E-state index in [1.165, 1.54) is 6.92 Å². The van der Waals surface area contributed by atoms with Gasteiger partial charge < -0.3 is 0 Å². The molecule has 0 saturated heterocycles. The van der Waals surface area contributed by atoms with E-state index in [1.807, 2.05) is 0 Å². The van der Waals surface area contributed by atoms with Gasteiger partial charge in [0.05, 0.1) is 5.25 Å². The second-order valence-electron chi connectivity index (χ2n) is 1.04. The molecule has 0 spiro atoms. The molecule has 0 aromatic rings. The monoisotopic (exact) mass is 111 g/mol. The number of hydrogen-bond donors (Lipinski definition) is 0. The van der Waals surface area contributed by atoms with Crippen molar-refractivity contribution >= 4 is 12.6 Å². The summed E-state index contributed by atoms with van der Waals surface area (Å²) in [5.74, 6) is 0. The highest BCUT2D eigenvalue weighted by atomic mass is 32.1. The molecule has 0 rings (SSSR count). The minimum Gasteiger partial charge on any atom is -0.209 e. The van der Waals surface area contributed by atoms with Crippen molar-refractivity contribution in [2.75, 3.05) is 0 Å². The van der Waals surface area contributed by atoms with Gasteiger partial charge in [0, 0.05) is 0 Å². The molecule has 0 heterocycles. The van der Waals surface area contributed by atoms with Gasteiger partial charge in [-0.05, 0) is 6.92 Å². The lowest BCUT2D eigenvalue weighted by Crippen LogP contribution is -2.03. The van der Waals surface area contributed by atoms with Crippen molar-refractivity contribution in [3.05, 3.63) is 0 Å². The molecule has 0 nitrogen and oxygen atoms in total. The Kier molecular flexibility index (Phi) is 2.48. The van der Waals surface area contributed by atoms with Gasteiger partial charge >= 0.3 is 0 Å². The standard InChI is InChI=1S/C3H5F2S/c1-2(6)3(4)5/h2-3H,1H3/t2-/m0/s1. The Labute approximate surface area is 41.0 Å². The van der Waals surface area contributed by atoms with Crippen LogP contribution in [-0.4, -0.2) is 11.7 Å². The summed E-state index contributed by atoms with van der Waals surface area (Å²) in [6.07, 6.45) is -2.33. The molecule has 0 amide bonds. The van der Waals surface area contributed by atoms with Crippen LogP contribution in [0.3, 0.4) is 0 Å². The van der Waals surface area contributed by atoms with Gasteiger partial charge in [0.2, 0.25) is 0 Å². The summed E-state index contributed by atoms with van der Waals surface area (Å²) in [6.45, 7) is 1.31. The van der Waals surface area contributed by atoms with Crippen LogP contribution in [0.15, 0.2) is 0 Å². The molecular formula is C3H5F2S. The zero-order valence-electron chi connectivity index (χ0n) is 3.32. The van der Waals surface area contributed by atoms with Crippen LogP contribution in [0.5, 0.6) is 0 Å². The quantitative estimate of drug-likeness (QED) is 0.484. The smallest absolute Gasteiger partial charge is 0.209 e. The van der Waals surface area contributed by atoms with Crippen LogP contribution in [-0.2, 0) is 0 Å². The van der Waals surface area contributed by atoms with Crippen LogP contribution >= 0.6 is 12.6 Å². The first-order valence-electron chi connectivity index (χ1n) is 1.58. The van der Waals surface area contributed by atoms with Crippen molar-refractivity contribution < 1.29 is 8.78 Å². The molecule has 0 aliphatic heterocycles. The predicted octanol–water partition coefficient (Wildman–Crippen LogP) is 1.84. The Bertz CT molecular complexity index is 29.8. The first-order valence-corrected chi connectivity index (χ1v) is 2.05. The summed E-state index contributed by atoms with van der Waals surface area (Å²) in [6, 6.07) is 0. The van der Waals surface area contributed by atoms with E-state index in [2.05, 4.69) is 12.6 Å². The molecule has 0 aromatic carbocycles. The second-order valence-corrected chi connectivity index (χ2v) is 1.78. The van der Waals surface area contributed by atoms with E-state index >= 15 is 0 Å². The van der Waals surface area contributed by atoms with Gasteiger partial charge in [-0.25, -0.2) is 8.78 Å². The largest absolute Gasteiger partial charge is 0.250 e. The van der Waals surface area contributed by atoms with Crippen LogP contribution in [0, 0.1) is 0 Å². The van der Waals surface area contributed by atoms with Crippen LogP contribution < -0.4 is 0 Å². The van der Waals surface area contributed by atoms with Gasteiger partial charge in [0.1, 0.15) is 0 Å². The molecule has 0 bridgehead atoms. The molecule has 3 heteroatoms. The van der Waals surface area contributed by atoms with Gasteiger partial charge in [-0.3, -0.25) is 0 Å². The number of halogens is 2. The van der Waals surface area contributed by atoms with Gasteiger partial charge in [-0.15, -0.1) is 0 Å². The lowest BCUT2D eigenvalue weighted by molar-refractivity contribution is 0.151. The molecule has 0 aliphatic carbocycles. The van der Waals surface area contributed by atoms with Gasteiger partial charge in [-0.1, -0.05) is 12.6 Å². The summed E-state index contributed by atoms with van der Waals surface area (Å²) >= 11 is 4.15. The van der Waals surface area contributed by atoms with Crippen molar-refractivity contribution in [1.29, 1.82) is 0 Å². The fourth-order valence-corrected chi connectivity index (χ4v) is 0. The third-order valence-electron chi connectivity index (χ3n) is 0.355. The third-order valence-corrected chi connectivity index (χ3v) is 0.561. The van der Waals surface area contributed by atoms with E-state index in [4.69, 9.17) is 0 Å². The second kappa shape index (κ2) is 2.39. The molecule has 0 fully saturated rings. The van der Waals surface area contributed by atoms with E-state index in [0.29, 0.717) is 0 Å². The molecule has 37 valence electrons. The average Bonchev–Trinajstić information content (AvgIpc) is 1.36. The average molecular weight is 111 g/mol. The van der Waals surface area contributed by atoms with Crippen molar-refractivity contribution in [1.82, 2.24) is 0 Å². The van der Waals surface area contributed by atoms with Crippen LogP contribution in [0.25, 0.3) is 0 Å². The fraction of sp³-hybridized carbons (Fsp3) is 1.00. The summed E-state index contributed by atoms with van der Waals surface area (Å²) in [5.41, 5.74) is 0. The predicted molar refractivity (Wildman–Crippen MR) is 23.1 cm³/mol. The first kappa shape index (κ1) is 6.21. The SMILES string of the molecule is C[C@H]([S])C(F)F. The van der Waals surface area contributed by atoms with E-state index in [1.54, 1.807) is 0 Å². The summed E-state index contributed by atoms with van der Waals surface area (Å²) in [5, 5.41) is -0.898. The van der Waals surface area contributed by atoms with Gasteiger partial charge in [-0.2, -0.15) is 0 Å². The van der Waals surface area contributed by atoms with Crippen LogP contribution in [0.1, 0.15) is 6.92 Å². The zero-order chi connectivity index (χ0) is 5.15. The molecule has 0 aromatic heterocycles. The normalized spacial score (nSPS) is 15.5. The highest BCUT2D eigenvalue weighted by molar-refractivity contribution is 7.81.